The van der Waals surface area contributed by atoms with E-state index in [9.17, 15) is 4.79 Å². The number of benzene rings is 1. The third-order valence-electron chi connectivity index (χ3n) is 3.83. The van der Waals surface area contributed by atoms with Crippen molar-refractivity contribution < 1.29 is 4.79 Å². The molecule has 1 aromatic carbocycles. The van der Waals surface area contributed by atoms with Gasteiger partial charge in [0.1, 0.15) is 0 Å². The highest BCUT2D eigenvalue weighted by atomic mass is 79.9. The standard InChI is InChI=1S/C15H19Br2NO/c1-10-3-4-14(17)13(9-10)15(19)18-7-5-12(6-8-18)11(2)16/h3-4,9,11-12H,5-8H2,1-2H3. The van der Waals surface area contributed by atoms with Gasteiger partial charge in [0.15, 0.2) is 0 Å². The number of hydrogen-bond acceptors (Lipinski definition) is 1. The Labute approximate surface area is 131 Å². The number of halogens is 2. The van der Waals surface area contributed by atoms with Gasteiger partial charge in [-0.2, -0.15) is 0 Å². The molecule has 1 amide bonds. The van der Waals surface area contributed by atoms with Gasteiger partial charge in [-0.1, -0.05) is 34.5 Å². The highest BCUT2D eigenvalue weighted by molar-refractivity contribution is 9.10. The minimum atomic E-state index is 0.149. The first-order chi connectivity index (χ1) is 8.99. The minimum absolute atomic E-state index is 0.149. The van der Waals surface area contributed by atoms with E-state index in [2.05, 4.69) is 38.8 Å². The predicted molar refractivity (Wildman–Crippen MR) is 85.9 cm³/mol. The van der Waals surface area contributed by atoms with Crippen molar-refractivity contribution in [1.29, 1.82) is 0 Å². The minimum Gasteiger partial charge on any atom is -0.339 e. The Bertz CT molecular complexity index is 465. The average Bonchev–Trinajstić information content (AvgIpc) is 2.41. The number of carbonyl (C=O) groups is 1. The number of hydrogen-bond donors (Lipinski definition) is 0. The summed E-state index contributed by atoms with van der Waals surface area (Å²) in [4.78, 5) is 15.0. The van der Waals surface area contributed by atoms with E-state index in [0.717, 1.165) is 41.5 Å². The molecule has 1 unspecified atom stereocenters. The van der Waals surface area contributed by atoms with Crippen molar-refractivity contribution >= 4 is 37.8 Å². The number of likely N-dealkylation sites (tertiary alicyclic amines) is 1. The Morgan fingerprint density at radius 2 is 2.00 bits per heavy atom. The molecular formula is C15H19Br2NO. The van der Waals surface area contributed by atoms with Crippen LogP contribution in [0, 0.1) is 12.8 Å². The van der Waals surface area contributed by atoms with Crippen LogP contribution in [-0.2, 0) is 0 Å². The third kappa shape index (κ3) is 3.60. The average molecular weight is 389 g/mol. The number of amides is 1. The monoisotopic (exact) mass is 387 g/mol. The van der Waals surface area contributed by atoms with E-state index in [1.807, 2.05) is 30.0 Å². The lowest BCUT2D eigenvalue weighted by Crippen LogP contribution is -2.40. The van der Waals surface area contributed by atoms with Crippen molar-refractivity contribution in [3.63, 3.8) is 0 Å². The van der Waals surface area contributed by atoms with Crippen LogP contribution in [0.4, 0.5) is 0 Å². The Morgan fingerprint density at radius 3 is 2.58 bits per heavy atom. The molecule has 2 rings (SSSR count). The molecule has 1 aliphatic heterocycles. The van der Waals surface area contributed by atoms with Crippen LogP contribution in [0.2, 0.25) is 0 Å². The highest BCUT2D eigenvalue weighted by Crippen LogP contribution is 2.27. The molecule has 0 bridgehead atoms. The Kier molecular flexibility index (Phi) is 5.07. The summed E-state index contributed by atoms with van der Waals surface area (Å²) in [6.07, 6.45) is 2.17. The van der Waals surface area contributed by atoms with Crippen LogP contribution in [0.15, 0.2) is 22.7 Å². The smallest absolute Gasteiger partial charge is 0.255 e. The topological polar surface area (TPSA) is 20.3 Å². The summed E-state index contributed by atoms with van der Waals surface area (Å²) in [6.45, 7) is 5.93. The molecule has 1 atom stereocenters. The molecule has 0 spiro atoms. The largest absolute Gasteiger partial charge is 0.339 e. The molecule has 19 heavy (non-hydrogen) atoms. The SMILES string of the molecule is Cc1ccc(Br)c(C(=O)N2CCC(C(C)Br)CC2)c1. The Morgan fingerprint density at radius 1 is 1.37 bits per heavy atom. The quantitative estimate of drug-likeness (QED) is 0.688. The van der Waals surface area contributed by atoms with Crippen LogP contribution in [0.25, 0.3) is 0 Å². The first kappa shape index (κ1) is 15.0. The number of nitrogens with zero attached hydrogens (tertiary/aromatic N) is 1. The van der Waals surface area contributed by atoms with Crippen molar-refractivity contribution in [2.45, 2.75) is 31.5 Å². The van der Waals surface area contributed by atoms with E-state index in [1.165, 1.54) is 0 Å². The van der Waals surface area contributed by atoms with Crippen molar-refractivity contribution in [2.24, 2.45) is 5.92 Å². The summed E-state index contributed by atoms with van der Waals surface area (Å²) in [5.41, 5.74) is 1.90. The van der Waals surface area contributed by atoms with Crippen molar-refractivity contribution in [1.82, 2.24) is 4.90 Å². The number of aryl methyl sites for hydroxylation is 1. The maximum absolute atomic E-state index is 12.5. The van der Waals surface area contributed by atoms with Crippen LogP contribution >= 0.6 is 31.9 Å². The van der Waals surface area contributed by atoms with Crippen LogP contribution in [0.3, 0.4) is 0 Å². The maximum atomic E-state index is 12.5. The van der Waals surface area contributed by atoms with Crippen molar-refractivity contribution in [3.05, 3.63) is 33.8 Å². The summed E-state index contributed by atoms with van der Waals surface area (Å²) < 4.78 is 0.888. The van der Waals surface area contributed by atoms with Gasteiger partial charge in [-0.25, -0.2) is 0 Å². The lowest BCUT2D eigenvalue weighted by Gasteiger charge is -2.33. The van der Waals surface area contributed by atoms with E-state index in [-0.39, 0.29) is 5.91 Å². The molecule has 2 nitrogen and oxygen atoms in total. The molecule has 0 aromatic heterocycles. The van der Waals surface area contributed by atoms with Gasteiger partial charge in [0.2, 0.25) is 0 Å². The molecule has 0 radical (unpaired) electrons. The van der Waals surface area contributed by atoms with Crippen LogP contribution in [0.5, 0.6) is 0 Å². The Hall–Kier alpha value is -0.350. The van der Waals surface area contributed by atoms with E-state index >= 15 is 0 Å². The first-order valence-electron chi connectivity index (χ1n) is 6.68. The fourth-order valence-corrected chi connectivity index (χ4v) is 3.48. The van der Waals surface area contributed by atoms with E-state index < -0.39 is 0 Å². The van der Waals surface area contributed by atoms with Crippen LogP contribution < -0.4 is 0 Å². The molecule has 104 valence electrons. The number of piperidine rings is 1. The second-order valence-electron chi connectivity index (χ2n) is 5.29. The Balaban J connectivity index is 2.07. The van der Waals surface area contributed by atoms with E-state index in [1.54, 1.807) is 0 Å². The van der Waals surface area contributed by atoms with Gasteiger partial charge in [0.05, 0.1) is 5.56 Å². The second-order valence-corrected chi connectivity index (χ2v) is 7.59. The van der Waals surface area contributed by atoms with Crippen LogP contribution in [-0.4, -0.2) is 28.7 Å². The highest BCUT2D eigenvalue weighted by Gasteiger charge is 2.26. The van der Waals surface area contributed by atoms with Gasteiger partial charge < -0.3 is 4.90 Å². The molecule has 1 saturated heterocycles. The number of alkyl halides is 1. The van der Waals surface area contributed by atoms with Crippen molar-refractivity contribution in [3.8, 4) is 0 Å². The second kappa shape index (κ2) is 6.40. The third-order valence-corrected chi connectivity index (χ3v) is 5.27. The van der Waals surface area contributed by atoms with Gasteiger partial charge in [-0.3, -0.25) is 4.79 Å². The predicted octanol–water partition coefficient (Wildman–Crippen LogP) is 4.39. The molecular weight excluding hydrogens is 370 g/mol. The van der Waals surface area contributed by atoms with Gasteiger partial charge in [0, 0.05) is 22.4 Å². The molecule has 1 aliphatic rings. The van der Waals surface area contributed by atoms with Crippen molar-refractivity contribution in [2.75, 3.05) is 13.1 Å². The maximum Gasteiger partial charge on any atom is 0.255 e. The molecule has 0 aliphatic carbocycles. The van der Waals surface area contributed by atoms with Crippen LogP contribution in [0.1, 0.15) is 35.7 Å². The summed E-state index contributed by atoms with van der Waals surface area (Å²) in [6, 6.07) is 5.93. The summed E-state index contributed by atoms with van der Waals surface area (Å²) in [5.74, 6) is 0.834. The molecule has 1 fully saturated rings. The number of rotatable bonds is 2. The zero-order chi connectivity index (χ0) is 14.0. The fraction of sp³-hybridized carbons (Fsp3) is 0.533. The molecule has 1 heterocycles. The summed E-state index contributed by atoms with van der Waals surface area (Å²) in [5, 5.41) is 0. The van der Waals surface area contributed by atoms with Gasteiger partial charge in [0.25, 0.3) is 5.91 Å². The lowest BCUT2D eigenvalue weighted by atomic mass is 9.94. The van der Waals surface area contributed by atoms with Gasteiger partial charge >= 0.3 is 0 Å². The van der Waals surface area contributed by atoms with Gasteiger partial charge in [-0.15, -0.1) is 0 Å². The molecule has 4 heteroatoms. The van der Waals surface area contributed by atoms with E-state index in [4.69, 9.17) is 0 Å². The van der Waals surface area contributed by atoms with Gasteiger partial charge in [-0.05, 0) is 53.7 Å². The zero-order valence-corrected chi connectivity index (χ0v) is 14.5. The molecule has 0 N–H and O–H groups in total. The fourth-order valence-electron chi connectivity index (χ4n) is 2.54. The first-order valence-corrected chi connectivity index (χ1v) is 8.39. The molecule has 1 aromatic rings. The molecule has 0 saturated carbocycles. The summed E-state index contributed by atoms with van der Waals surface area (Å²) in [7, 11) is 0. The number of carbonyl (C=O) groups excluding carboxylic acids is 1. The summed E-state index contributed by atoms with van der Waals surface area (Å²) >= 11 is 7.13. The lowest BCUT2D eigenvalue weighted by molar-refractivity contribution is 0.0690. The zero-order valence-electron chi connectivity index (χ0n) is 11.3. The van der Waals surface area contributed by atoms with E-state index in [0.29, 0.717) is 10.7 Å². The normalized spacial score (nSPS) is 18.4.